The highest BCUT2D eigenvalue weighted by Gasteiger charge is 2.22. The van der Waals surface area contributed by atoms with Crippen molar-refractivity contribution in [2.24, 2.45) is 5.92 Å². The fraction of sp³-hybridized carbons (Fsp3) is 0.538. The van der Waals surface area contributed by atoms with Crippen molar-refractivity contribution in [2.45, 2.75) is 18.7 Å². The summed E-state index contributed by atoms with van der Waals surface area (Å²) < 4.78 is 16.1. The molecule has 0 heterocycles. The predicted octanol–water partition coefficient (Wildman–Crippen LogP) is 3.80. The lowest BCUT2D eigenvalue weighted by atomic mass is 10.0. The average Bonchev–Trinajstić information content (AvgIpc) is 2.35. The van der Waals surface area contributed by atoms with Crippen molar-refractivity contribution in [3.05, 3.63) is 17.7 Å². The van der Waals surface area contributed by atoms with E-state index in [0.29, 0.717) is 17.4 Å². The summed E-state index contributed by atoms with van der Waals surface area (Å²) in [5.41, 5.74) is 1.07. The number of hydrogen-bond donors (Lipinski definition) is 0. The van der Waals surface area contributed by atoms with E-state index >= 15 is 0 Å². The quantitative estimate of drug-likeness (QED) is 0.774. The van der Waals surface area contributed by atoms with E-state index in [-0.39, 0.29) is 4.83 Å². The second-order valence-corrected chi connectivity index (χ2v) is 5.06. The molecule has 17 heavy (non-hydrogen) atoms. The van der Waals surface area contributed by atoms with Crippen LogP contribution in [-0.2, 0) is 0 Å². The molecule has 96 valence electrons. The van der Waals surface area contributed by atoms with Crippen LogP contribution in [0, 0.1) is 5.92 Å². The van der Waals surface area contributed by atoms with Gasteiger partial charge < -0.3 is 14.2 Å². The van der Waals surface area contributed by atoms with E-state index in [1.807, 2.05) is 12.1 Å². The number of alkyl halides is 1. The van der Waals surface area contributed by atoms with Crippen molar-refractivity contribution >= 4 is 15.9 Å². The van der Waals surface area contributed by atoms with Crippen LogP contribution >= 0.6 is 15.9 Å². The van der Waals surface area contributed by atoms with Gasteiger partial charge in [-0.05, 0) is 12.0 Å². The van der Waals surface area contributed by atoms with Crippen LogP contribution in [0.15, 0.2) is 12.1 Å². The highest BCUT2D eigenvalue weighted by Crippen LogP contribution is 2.45. The Balaban J connectivity index is 3.32. The van der Waals surface area contributed by atoms with Gasteiger partial charge in [0.1, 0.15) is 0 Å². The van der Waals surface area contributed by atoms with Crippen LogP contribution in [0.25, 0.3) is 0 Å². The maximum absolute atomic E-state index is 5.45. The molecule has 0 saturated heterocycles. The first-order chi connectivity index (χ1) is 8.06. The van der Waals surface area contributed by atoms with Gasteiger partial charge in [0.15, 0.2) is 11.5 Å². The van der Waals surface area contributed by atoms with Crippen molar-refractivity contribution in [2.75, 3.05) is 21.3 Å². The molecule has 0 aliphatic heterocycles. The Morgan fingerprint density at radius 1 is 0.941 bits per heavy atom. The summed E-state index contributed by atoms with van der Waals surface area (Å²) in [7, 11) is 4.87. The Labute approximate surface area is 111 Å². The van der Waals surface area contributed by atoms with Gasteiger partial charge in [0.25, 0.3) is 0 Å². The molecule has 0 aliphatic carbocycles. The van der Waals surface area contributed by atoms with Crippen LogP contribution in [0.2, 0.25) is 0 Å². The largest absolute Gasteiger partial charge is 0.493 e. The van der Waals surface area contributed by atoms with Gasteiger partial charge in [-0.2, -0.15) is 0 Å². The van der Waals surface area contributed by atoms with E-state index in [4.69, 9.17) is 14.2 Å². The van der Waals surface area contributed by atoms with E-state index in [1.54, 1.807) is 21.3 Å². The van der Waals surface area contributed by atoms with Crippen molar-refractivity contribution in [1.82, 2.24) is 0 Å². The van der Waals surface area contributed by atoms with Gasteiger partial charge in [0.2, 0.25) is 5.75 Å². The Morgan fingerprint density at radius 3 is 1.94 bits per heavy atom. The molecule has 3 nitrogen and oxygen atoms in total. The summed E-state index contributed by atoms with van der Waals surface area (Å²) in [6.45, 7) is 4.30. The molecule has 1 unspecified atom stereocenters. The molecule has 0 bridgehead atoms. The van der Waals surface area contributed by atoms with Gasteiger partial charge in [-0.25, -0.2) is 0 Å². The third kappa shape index (κ3) is 2.86. The van der Waals surface area contributed by atoms with Crippen LogP contribution < -0.4 is 14.2 Å². The van der Waals surface area contributed by atoms with Gasteiger partial charge in [-0.15, -0.1) is 0 Å². The van der Waals surface area contributed by atoms with E-state index in [2.05, 4.69) is 29.8 Å². The van der Waals surface area contributed by atoms with Crippen LogP contribution in [0.3, 0.4) is 0 Å². The van der Waals surface area contributed by atoms with E-state index < -0.39 is 0 Å². The molecule has 0 amide bonds. The average molecular weight is 303 g/mol. The normalized spacial score (nSPS) is 12.4. The molecule has 0 radical (unpaired) electrons. The van der Waals surface area contributed by atoms with Crippen molar-refractivity contribution < 1.29 is 14.2 Å². The Morgan fingerprint density at radius 2 is 1.53 bits per heavy atom. The van der Waals surface area contributed by atoms with Gasteiger partial charge >= 0.3 is 0 Å². The lowest BCUT2D eigenvalue weighted by Gasteiger charge is -2.20. The van der Waals surface area contributed by atoms with Crippen molar-refractivity contribution in [1.29, 1.82) is 0 Å². The van der Waals surface area contributed by atoms with Gasteiger partial charge in [0.05, 0.1) is 21.3 Å². The number of rotatable bonds is 5. The first-order valence-electron chi connectivity index (χ1n) is 5.49. The second-order valence-electron chi connectivity index (χ2n) is 4.07. The zero-order valence-corrected chi connectivity index (χ0v) is 12.5. The molecule has 0 aromatic heterocycles. The van der Waals surface area contributed by atoms with Crippen LogP contribution in [0.1, 0.15) is 24.2 Å². The zero-order chi connectivity index (χ0) is 13.0. The van der Waals surface area contributed by atoms with Crippen LogP contribution in [-0.4, -0.2) is 21.3 Å². The minimum Gasteiger partial charge on any atom is -0.493 e. The van der Waals surface area contributed by atoms with E-state index in [1.165, 1.54) is 0 Å². The zero-order valence-electron chi connectivity index (χ0n) is 10.9. The molecule has 0 saturated carbocycles. The first-order valence-corrected chi connectivity index (χ1v) is 6.41. The molecule has 0 aliphatic rings. The number of hydrogen-bond acceptors (Lipinski definition) is 3. The lowest BCUT2D eigenvalue weighted by Crippen LogP contribution is -2.04. The highest BCUT2D eigenvalue weighted by atomic mass is 79.9. The van der Waals surface area contributed by atoms with E-state index in [0.717, 1.165) is 11.3 Å². The summed E-state index contributed by atoms with van der Waals surface area (Å²) in [6, 6.07) is 3.90. The summed E-state index contributed by atoms with van der Waals surface area (Å²) in [4.78, 5) is 0.220. The fourth-order valence-electron chi connectivity index (χ4n) is 1.70. The third-order valence-electron chi connectivity index (χ3n) is 2.62. The monoisotopic (exact) mass is 302 g/mol. The summed E-state index contributed by atoms with van der Waals surface area (Å²) in [6.07, 6.45) is 0. The Bertz CT molecular complexity index is 377. The van der Waals surface area contributed by atoms with Crippen molar-refractivity contribution in [3.8, 4) is 17.2 Å². The first kappa shape index (κ1) is 14.2. The molecule has 0 N–H and O–H groups in total. The van der Waals surface area contributed by atoms with Crippen molar-refractivity contribution in [3.63, 3.8) is 0 Å². The molecular weight excluding hydrogens is 284 g/mol. The molecule has 1 atom stereocenters. The summed E-state index contributed by atoms with van der Waals surface area (Å²) in [5.74, 6) is 2.50. The topological polar surface area (TPSA) is 27.7 Å². The molecule has 1 aromatic carbocycles. The molecule has 0 fully saturated rings. The fourth-order valence-corrected chi connectivity index (χ4v) is 2.06. The minimum atomic E-state index is 0.220. The van der Waals surface area contributed by atoms with Gasteiger partial charge in [0, 0.05) is 10.4 Å². The predicted molar refractivity (Wildman–Crippen MR) is 72.6 cm³/mol. The SMILES string of the molecule is COc1ccc(C(Br)C(C)C)c(OC)c1OC. The molecule has 4 heteroatoms. The number of halogens is 1. The molecule has 1 rings (SSSR count). The Hall–Kier alpha value is -0.900. The smallest absolute Gasteiger partial charge is 0.203 e. The summed E-state index contributed by atoms with van der Waals surface area (Å²) >= 11 is 3.68. The third-order valence-corrected chi connectivity index (χ3v) is 4.17. The molecular formula is C13H19BrO3. The molecule has 0 spiro atoms. The maximum Gasteiger partial charge on any atom is 0.203 e. The van der Waals surface area contributed by atoms with Crippen LogP contribution in [0.5, 0.6) is 17.2 Å². The lowest BCUT2D eigenvalue weighted by molar-refractivity contribution is 0.321. The van der Waals surface area contributed by atoms with Gasteiger partial charge in [-0.3, -0.25) is 0 Å². The maximum atomic E-state index is 5.45. The summed E-state index contributed by atoms with van der Waals surface area (Å²) in [5, 5.41) is 0. The van der Waals surface area contributed by atoms with Gasteiger partial charge in [-0.1, -0.05) is 35.8 Å². The van der Waals surface area contributed by atoms with Crippen LogP contribution in [0.4, 0.5) is 0 Å². The second kappa shape index (κ2) is 6.15. The number of methoxy groups -OCH3 is 3. The number of ether oxygens (including phenoxy) is 3. The highest BCUT2D eigenvalue weighted by molar-refractivity contribution is 9.09. The van der Waals surface area contributed by atoms with E-state index in [9.17, 15) is 0 Å². The Kier molecular flexibility index (Phi) is 5.12. The molecule has 1 aromatic rings. The minimum absolute atomic E-state index is 0.220. The standard InChI is InChI=1S/C13H19BrO3/c1-8(2)11(14)9-6-7-10(15-3)13(17-5)12(9)16-4/h6-8,11H,1-5H3. The number of benzene rings is 1.